The Morgan fingerprint density at radius 3 is 2.15 bits per heavy atom. The van der Waals surface area contributed by atoms with Crippen molar-refractivity contribution in [2.45, 2.75) is 25.4 Å². The van der Waals surface area contributed by atoms with Crippen LogP contribution >= 0.6 is 0 Å². The SMILES string of the molecule is [C-]#[N+]c1c(OC(=O)c2ccc(COC(=O)C3CO3)cc2)ccc(COC(=O)C2CO2)c1C#N. The third-order valence-corrected chi connectivity index (χ3v) is 4.79. The van der Waals surface area contributed by atoms with Crippen LogP contribution in [0.1, 0.15) is 27.0 Å². The maximum Gasteiger partial charge on any atom is 0.342 e. The van der Waals surface area contributed by atoms with E-state index in [1.54, 1.807) is 12.1 Å². The lowest BCUT2D eigenvalue weighted by atomic mass is 10.1. The predicted octanol–water partition coefficient (Wildman–Crippen LogP) is 2.21. The number of carbonyl (C=O) groups is 3. The Morgan fingerprint density at radius 2 is 1.61 bits per heavy atom. The molecule has 0 N–H and O–H groups in total. The molecule has 2 aliphatic heterocycles. The number of rotatable bonds is 8. The van der Waals surface area contributed by atoms with Crippen LogP contribution in [0, 0.1) is 17.9 Å². The van der Waals surface area contributed by atoms with Crippen LogP contribution in [0.3, 0.4) is 0 Å². The first-order chi connectivity index (χ1) is 16.0. The molecule has 4 rings (SSSR count). The minimum Gasteiger partial charge on any atom is -0.459 e. The molecule has 0 radical (unpaired) electrons. The predicted molar refractivity (Wildman–Crippen MR) is 108 cm³/mol. The Labute approximate surface area is 188 Å². The van der Waals surface area contributed by atoms with Crippen molar-refractivity contribution in [3.63, 3.8) is 0 Å². The maximum absolute atomic E-state index is 12.5. The average Bonchev–Trinajstić information content (AvgIpc) is 3.73. The van der Waals surface area contributed by atoms with E-state index >= 15 is 0 Å². The summed E-state index contributed by atoms with van der Waals surface area (Å²) in [5.41, 5.74) is 0.981. The van der Waals surface area contributed by atoms with Crippen LogP contribution in [0.4, 0.5) is 5.69 Å². The van der Waals surface area contributed by atoms with Gasteiger partial charge >= 0.3 is 17.9 Å². The smallest absolute Gasteiger partial charge is 0.342 e. The third kappa shape index (κ3) is 5.33. The van der Waals surface area contributed by atoms with Gasteiger partial charge in [0.1, 0.15) is 19.0 Å². The van der Waals surface area contributed by atoms with E-state index in [1.807, 2.05) is 6.07 Å². The van der Waals surface area contributed by atoms with Crippen LogP contribution in [0.2, 0.25) is 0 Å². The van der Waals surface area contributed by atoms with Crippen molar-refractivity contribution in [2.24, 2.45) is 0 Å². The number of nitriles is 1. The van der Waals surface area contributed by atoms with Gasteiger partial charge in [-0.25, -0.2) is 19.2 Å². The summed E-state index contributed by atoms with van der Waals surface area (Å²) < 4.78 is 25.2. The summed E-state index contributed by atoms with van der Waals surface area (Å²) in [5, 5.41) is 9.51. The topological polar surface area (TPSA) is 132 Å². The minimum absolute atomic E-state index is 0.0420. The first kappa shape index (κ1) is 22.0. The number of hydrogen-bond acceptors (Lipinski definition) is 9. The van der Waals surface area contributed by atoms with E-state index in [4.69, 9.17) is 30.3 Å². The Balaban J connectivity index is 1.42. The van der Waals surface area contributed by atoms with Gasteiger partial charge in [0.25, 0.3) is 0 Å². The highest BCUT2D eigenvalue weighted by Crippen LogP contribution is 2.35. The Hall–Kier alpha value is -4.25. The van der Waals surface area contributed by atoms with E-state index < -0.39 is 30.1 Å². The van der Waals surface area contributed by atoms with Gasteiger partial charge in [-0.2, -0.15) is 5.26 Å². The normalized spacial score (nSPS) is 17.8. The molecule has 166 valence electrons. The molecule has 2 aromatic rings. The number of epoxide rings is 2. The fourth-order valence-corrected chi connectivity index (χ4v) is 2.81. The van der Waals surface area contributed by atoms with Gasteiger partial charge in [0, 0.05) is 0 Å². The second-order valence-electron chi connectivity index (χ2n) is 7.12. The van der Waals surface area contributed by atoms with Gasteiger partial charge in [0.15, 0.2) is 12.2 Å². The summed E-state index contributed by atoms with van der Waals surface area (Å²) in [6.07, 6.45) is -1.07. The van der Waals surface area contributed by atoms with E-state index in [0.717, 1.165) is 0 Å². The maximum atomic E-state index is 12.5. The molecular formula is C23H16N2O8. The molecule has 2 saturated heterocycles. The number of esters is 3. The molecule has 2 fully saturated rings. The summed E-state index contributed by atoms with van der Waals surface area (Å²) in [5.74, 6) is -1.80. The van der Waals surface area contributed by atoms with Crippen molar-refractivity contribution in [1.82, 2.24) is 0 Å². The Bertz CT molecular complexity index is 1180. The summed E-state index contributed by atoms with van der Waals surface area (Å²) >= 11 is 0. The second kappa shape index (κ2) is 9.49. The molecule has 10 heteroatoms. The lowest BCUT2D eigenvalue weighted by Gasteiger charge is -2.11. The lowest BCUT2D eigenvalue weighted by Crippen LogP contribution is -2.12. The molecule has 0 saturated carbocycles. The summed E-state index contributed by atoms with van der Waals surface area (Å²) in [4.78, 5) is 39.0. The van der Waals surface area contributed by atoms with Crippen LogP contribution in [-0.4, -0.2) is 43.3 Å². The van der Waals surface area contributed by atoms with E-state index in [1.165, 1.54) is 24.3 Å². The van der Waals surface area contributed by atoms with Gasteiger partial charge in [-0.1, -0.05) is 18.2 Å². The summed E-state index contributed by atoms with van der Waals surface area (Å²) in [6, 6.07) is 10.9. The molecule has 2 heterocycles. The quantitative estimate of drug-likeness (QED) is 0.258. The largest absolute Gasteiger partial charge is 0.459 e. The number of nitrogens with zero attached hydrogens (tertiary/aromatic N) is 2. The highest BCUT2D eigenvalue weighted by atomic mass is 16.6. The third-order valence-electron chi connectivity index (χ3n) is 4.79. The second-order valence-corrected chi connectivity index (χ2v) is 7.12. The Kier molecular flexibility index (Phi) is 6.31. The fourth-order valence-electron chi connectivity index (χ4n) is 2.81. The lowest BCUT2D eigenvalue weighted by molar-refractivity contribution is -0.147. The van der Waals surface area contributed by atoms with Crippen LogP contribution < -0.4 is 4.74 Å². The number of benzene rings is 2. The molecule has 0 aliphatic carbocycles. The minimum atomic E-state index is -0.733. The zero-order chi connectivity index (χ0) is 23.4. The van der Waals surface area contributed by atoms with Gasteiger partial charge in [-0.3, -0.25) is 0 Å². The molecule has 2 aromatic carbocycles. The van der Waals surface area contributed by atoms with E-state index in [9.17, 15) is 19.6 Å². The molecule has 0 spiro atoms. The monoisotopic (exact) mass is 448 g/mol. The molecule has 2 atom stereocenters. The number of ether oxygens (including phenoxy) is 5. The highest BCUT2D eigenvalue weighted by molar-refractivity contribution is 5.92. The van der Waals surface area contributed by atoms with Crippen molar-refractivity contribution >= 4 is 23.6 Å². The highest BCUT2D eigenvalue weighted by Gasteiger charge is 2.33. The molecule has 33 heavy (non-hydrogen) atoms. The van der Waals surface area contributed by atoms with Crippen molar-refractivity contribution < 1.29 is 38.1 Å². The molecular weight excluding hydrogens is 432 g/mol. The molecule has 10 nitrogen and oxygen atoms in total. The number of carbonyl (C=O) groups excluding carboxylic acids is 3. The van der Waals surface area contributed by atoms with E-state index in [-0.39, 0.29) is 35.8 Å². The van der Waals surface area contributed by atoms with Gasteiger partial charge < -0.3 is 23.7 Å². The first-order valence-electron chi connectivity index (χ1n) is 9.81. The van der Waals surface area contributed by atoms with Gasteiger partial charge in [-0.05, 0) is 29.3 Å². The van der Waals surface area contributed by atoms with Crippen molar-refractivity contribution in [2.75, 3.05) is 13.2 Å². The van der Waals surface area contributed by atoms with E-state index in [2.05, 4.69) is 4.85 Å². The average molecular weight is 448 g/mol. The number of hydrogen-bond donors (Lipinski definition) is 0. The molecule has 2 unspecified atom stereocenters. The van der Waals surface area contributed by atoms with Gasteiger partial charge in [0.05, 0.1) is 37.0 Å². The fraction of sp³-hybridized carbons (Fsp3) is 0.261. The Morgan fingerprint density at radius 1 is 1.00 bits per heavy atom. The summed E-state index contributed by atoms with van der Waals surface area (Å²) in [7, 11) is 0. The van der Waals surface area contributed by atoms with Gasteiger partial charge in [-0.15, -0.1) is 0 Å². The molecule has 2 aliphatic rings. The summed E-state index contributed by atoms with van der Waals surface area (Å²) in [6.45, 7) is 7.91. The van der Waals surface area contributed by atoms with Crippen molar-refractivity contribution in [3.8, 4) is 11.8 Å². The van der Waals surface area contributed by atoms with Gasteiger partial charge in [0.2, 0.25) is 5.69 Å². The zero-order valence-electron chi connectivity index (χ0n) is 17.1. The van der Waals surface area contributed by atoms with E-state index in [0.29, 0.717) is 24.3 Å². The zero-order valence-corrected chi connectivity index (χ0v) is 17.1. The van der Waals surface area contributed by atoms with Crippen molar-refractivity contribution in [1.29, 1.82) is 5.26 Å². The molecule has 0 aromatic heterocycles. The van der Waals surface area contributed by atoms with Crippen molar-refractivity contribution in [3.05, 3.63) is 70.1 Å². The van der Waals surface area contributed by atoms with Crippen LogP contribution in [-0.2, 0) is 41.8 Å². The molecule has 0 bridgehead atoms. The van der Waals surface area contributed by atoms with Crippen LogP contribution in [0.25, 0.3) is 4.85 Å². The van der Waals surface area contributed by atoms with Crippen LogP contribution in [0.5, 0.6) is 5.75 Å². The standard InChI is InChI=1S/C23H16N2O8/c1-25-20-16(8-24)15(10-32-23(28)19-12-30-19)6-7-17(20)33-21(26)14-4-2-13(3-5-14)9-31-22(27)18-11-29-18/h2-7,18-19H,9-12H2. The molecule has 0 amide bonds. The first-order valence-corrected chi connectivity index (χ1v) is 9.81. The van der Waals surface area contributed by atoms with Crippen LogP contribution in [0.15, 0.2) is 36.4 Å².